The molecule has 26 heavy (non-hydrogen) atoms. The number of sulfonamides is 1. The second-order valence-corrected chi connectivity index (χ2v) is 9.63. The molecule has 0 aromatic heterocycles. The van der Waals surface area contributed by atoms with Gasteiger partial charge in [0, 0.05) is 10.6 Å². The summed E-state index contributed by atoms with van der Waals surface area (Å²) >= 11 is 1.71. The van der Waals surface area contributed by atoms with Crippen LogP contribution in [0.25, 0.3) is 0 Å². The van der Waals surface area contributed by atoms with Crippen LogP contribution in [0.4, 0.5) is 4.39 Å². The van der Waals surface area contributed by atoms with Gasteiger partial charge in [0.1, 0.15) is 5.82 Å². The first kappa shape index (κ1) is 19.4. The molecule has 0 aliphatic carbocycles. The van der Waals surface area contributed by atoms with Crippen LogP contribution >= 0.6 is 11.8 Å². The summed E-state index contributed by atoms with van der Waals surface area (Å²) in [6.45, 7) is 5.65. The van der Waals surface area contributed by atoms with Crippen LogP contribution in [0.3, 0.4) is 0 Å². The van der Waals surface area contributed by atoms with E-state index in [1.807, 2.05) is 19.1 Å². The first-order chi connectivity index (χ1) is 12.4. The molecule has 0 saturated carbocycles. The van der Waals surface area contributed by atoms with Gasteiger partial charge < -0.3 is 4.90 Å². The van der Waals surface area contributed by atoms with Gasteiger partial charge in [0.05, 0.1) is 37.6 Å². The minimum absolute atomic E-state index is 0.217. The SMILES string of the molecule is Cc1ccc(S(=O)(=O)N2CC[NH+](CCSc3ccc(F)cc3)CC2)cc1. The number of halogens is 1. The van der Waals surface area contributed by atoms with Crippen LogP contribution < -0.4 is 4.90 Å². The van der Waals surface area contributed by atoms with Crippen molar-refractivity contribution in [3.8, 4) is 0 Å². The van der Waals surface area contributed by atoms with Gasteiger partial charge in [-0.25, -0.2) is 12.8 Å². The molecule has 0 spiro atoms. The topological polar surface area (TPSA) is 41.8 Å². The van der Waals surface area contributed by atoms with Crippen LogP contribution in [0.5, 0.6) is 0 Å². The molecule has 3 rings (SSSR count). The maximum atomic E-state index is 12.9. The van der Waals surface area contributed by atoms with E-state index in [1.54, 1.807) is 40.3 Å². The lowest BCUT2D eigenvalue weighted by Crippen LogP contribution is -3.15. The van der Waals surface area contributed by atoms with Crippen molar-refractivity contribution >= 4 is 21.8 Å². The number of aryl methyl sites for hydroxylation is 1. The smallest absolute Gasteiger partial charge is 0.243 e. The zero-order valence-corrected chi connectivity index (χ0v) is 16.5. The van der Waals surface area contributed by atoms with E-state index in [2.05, 4.69) is 0 Å². The molecule has 1 N–H and O–H groups in total. The van der Waals surface area contributed by atoms with Crippen molar-refractivity contribution < 1.29 is 17.7 Å². The summed E-state index contributed by atoms with van der Waals surface area (Å²) in [4.78, 5) is 2.85. The minimum Gasteiger partial charge on any atom is -0.332 e. The highest BCUT2D eigenvalue weighted by Gasteiger charge is 2.30. The fraction of sp³-hybridized carbons (Fsp3) is 0.368. The normalized spacial score (nSPS) is 16.7. The number of benzene rings is 2. The molecule has 1 aliphatic heterocycles. The fourth-order valence-corrected chi connectivity index (χ4v) is 5.39. The summed E-state index contributed by atoms with van der Waals surface area (Å²) < 4.78 is 39.9. The molecule has 140 valence electrons. The molecule has 0 amide bonds. The Kier molecular flexibility index (Phi) is 6.34. The predicted molar refractivity (Wildman–Crippen MR) is 103 cm³/mol. The van der Waals surface area contributed by atoms with Crippen molar-refractivity contribution in [1.82, 2.24) is 4.31 Å². The van der Waals surface area contributed by atoms with E-state index in [0.717, 1.165) is 35.8 Å². The summed E-state index contributed by atoms with van der Waals surface area (Å²) in [6, 6.07) is 13.6. The van der Waals surface area contributed by atoms with Gasteiger partial charge in [-0.1, -0.05) is 17.7 Å². The fourth-order valence-electron chi connectivity index (χ4n) is 3.00. The largest absolute Gasteiger partial charge is 0.332 e. The van der Waals surface area contributed by atoms with Crippen molar-refractivity contribution in [2.45, 2.75) is 16.7 Å². The van der Waals surface area contributed by atoms with Gasteiger partial charge in [0.2, 0.25) is 10.0 Å². The summed E-state index contributed by atoms with van der Waals surface area (Å²) in [5.41, 5.74) is 1.05. The number of nitrogens with zero attached hydrogens (tertiary/aromatic N) is 1. The van der Waals surface area contributed by atoms with Gasteiger partial charge in [0.15, 0.2) is 0 Å². The zero-order valence-electron chi connectivity index (χ0n) is 14.8. The molecule has 1 fully saturated rings. The molecule has 0 bridgehead atoms. The Hall–Kier alpha value is -1.41. The standard InChI is InChI=1S/C19H23FN2O2S2/c1-16-2-8-19(9-3-16)26(23,24)22-12-10-21(11-13-22)14-15-25-18-6-4-17(20)5-7-18/h2-9H,10-15H2,1H3/p+1. The third-order valence-electron chi connectivity index (χ3n) is 4.63. The van der Waals surface area contributed by atoms with E-state index >= 15 is 0 Å². The number of hydrogen-bond acceptors (Lipinski definition) is 3. The average molecular weight is 396 g/mol. The van der Waals surface area contributed by atoms with Crippen LogP contribution in [0.2, 0.25) is 0 Å². The molecule has 1 aliphatic rings. The molecule has 1 heterocycles. The van der Waals surface area contributed by atoms with Gasteiger partial charge in [-0.15, -0.1) is 11.8 Å². The highest BCUT2D eigenvalue weighted by atomic mass is 32.2. The lowest BCUT2D eigenvalue weighted by Gasteiger charge is -2.31. The summed E-state index contributed by atoms with van der Waals surface area (Å²) in [5.74, 6) is 0.719. The molecular weight excluding hydrogens is 371 g/mol. The van der Waals surface area contributed by atoms with Crippen molar-refractivity contribution in [3.05, 3.63) is 59.9 Å². The zero-order chi connectivity index (χ0) is 18.6. The Balaban J connectivity index is 1.47. The monoisotopic (exact) mass is 395 g/mol. The van der Waals surface area contributed by atoms with Gasteiger partial charge in [-0.3, -0.25) is 0 Å². The number of thioether (sulfide) groups is 1. The Bertz CT molecular complexity index is 816. The van der Waals surface area contributed by atoms with Crippen molar-refractivity contribution in [2.75, 3.05) is 38.5 Å². The summed E-state index contributed by atoms with van der Waals surface area (Å²) in [6.07, 6.45) is 0. The van der Waals surface area contributed by atoms with Gasteiger partial charge in [-0.2, -0.15) is 4.31 Å². The van der Waals surface area contributed by atoms with E-state index in [-0.39, 0.29) is 5.82 Å². The number of nitrogens with one attached hydrogen (secondary N) is 1. The van der Waals surface area contributed by atoms with Gasteiger partial charge in [-0.05, 0) is 43.3 Å². The van der Waals surface area contributed by atoms with Crippen LogP contribution in [0.15, 0.2) is 58.3 Å². The molecule has 0 atom stereocenters. The molecule has 2 aromatic rings. The lowest BCUT2D eigenvalue weighted by molar-refractivity contribution is -0.901. The van der Waals surface area contributed by atoms with E-state index in [9.17, 15) is 12.8 Å². The molecule has 1 saturated heterocycles. The quantitative estimate of drug-likeness (QED) is 0.759. The molecule has 7 heteroatoms. The highest BCUT2D eigenvalue weighted by Crippen LogP contribution is 2.18. The number of rotatable bonds is 6. The van der Waals surface area contributed by atoms with Crippen LogP contribution in [-0.2, 0) is 10.0 Å². The Morgan fingerprint density at radius 2 is 1.65 bits per heavy atom. The molecule has 2 aromatic carbocycles. The van der Waals surface area contributed by atoms with E-state index in [4.69, 9.17) is 0 Å². The molecule has 4 nitrogen and oxygen atoms in total. The number of quaternary nitrogens is 1. The molecule has 0 unspecified atom stereocenters. The van der Waals surface area contributed by atoms with Crippen molar-refractivity contribution in [1.29, 1.82) is 0 Å². The van der Waals surface area contributed by atoms with E-state index in [1.165, 1.54) is 17.0 Å². The van der Waals surface area contributed by atoms with Gasteiger partial charge in [0.25, 0.3) is 0 Å². The van der Waals surface area contributed by atoms with Crippen molar-refractivity contribution in [3.63, 3.8) is 0 Å². The van der Waals surface area contributed by atoms with Crippen LogP contribution in [-0.4, -0.2) is 51.2 Å². The summed E-state index contributed by atoms with van der Waals surface area (Å²) in [7, 11) is -3.39. The predicted octanol–water partition coefficient (Wildman–Crippen LogP) is 1.82. The van der Waals surface area contributed by atoms with Crippen LogP contribution in [0, 0.1) is 12.7 Å². The highest BCUT2D eigenvalue weighted by molar-refractivity contribution is 7.99. The number of hydrogen-bond donors (Lipinski definition) is 1. The second-order valence-electron chi connectivity index (χ2n) is 6.52. The summed E-state index contributed by atoms with van der Waals surface area (Å²) in [5, 5.41) is 0. The van der Waals surface area contributed by atoms with Crippen LogP contribution in [0.1, 0.15) is 5.56 Å². The maximum Gasteiger partial charge on any atom is 0.243 e. The Labute approximate surface area is 159 Å². The second kappa shape index (κ2) is 8.52. The third kappa shape index (κ3) is 4.85. The third-order valence-corrected chi connectivity index (χ3v) is 7.55. The number of piperazine rings is 1. The molecular formula is C19H24FN2O2S2+. The first-order valence-electron chi connectivity index (χ1n) is 8.74. The minimum atomic E-state index is -3.39. The average Bonchev–Trinajstić information content (AvgIpc) is 2.64. The molecule has 0 radical (unpaired) electrons. The first-order valence-corrected chi connectivity index (χ1v) is 11.2. The van der Waals surface area contributed by atoms with Crippen molar-refractivity contribution in [2.24, 2.45) is 0 Å². The van der Waals surface area contributed by atoms with E-state index in [0.29, 0.717) is 18.0 Å². The maximum absolute atomic E-state index is 12.9. The van der Waals surface area contributed by atoms with E-state index < -0.39 is 10.0 Å². The lowest BCUT2D eigenvalue weighted by atomic mass is 10.2. The Morgan fingerprint density at radius 3 is 2.27 bits per heavy atom. The van der Waals surface area contributed by atoms with Gasteiger partial charge >= 0.3 is 0 Å². The Morgan fingerprint density at radius 1 is 1.04 bits per heavy atom.